The Bertz CT molecular complexity index is 859. The first-order valence-corrected chi connectivity index (χ1v) is 9.79. The fraction of sp³-hybridized carbons (Fsp3) is 0.278. The van der Waals surface area contributed by atoms with Crippen LogP contribution in [0.4, 0.5) is 0 Å². The Morgan fingerprint density at radius 3 is 2.88 bits per heavy atom. The summed E-state index contributed by atoms with van der Waals surface area (Å²) >= 11 is 3.14. The van der Waals surface area contributed by atoms with Crippen LogP contribution >= 0.6 is 23.1 Å². The summed E-state index contributed by atoms with van der Waals surface area (Å²) in [6.07, 6.45) is 4.08. The zero-order valence-corrected chi connectivity index (χ0v) is 14.7. The smallest absolute Gasteiger partial charge is 0.230 e. The van der Waals surface area contributed by atoms with Gasteiger partial charge in [0.1, 0.15) is 16.2 Å². The zero-order valence-electron chi connectivity index (χ0n) is 13.1. The number of fused-ring (bicyclic) bond motifs is 1. The number of thiophene rings is 1. The predicted octanol–water partition coefficient (Wildman–Crippen LogP) is 3.98. The van der Waals surface area contributed by atoms with Gasteiger partial charge in [0, 0.05) is 16.8 Å². The second-order valence-corrected chi connectivity index (χ2v) is 7.91. The van der Waals surface area contributed by atoms with E-state index >= 15 is 0 Å². The molecule has 0 aliphatic heterocycles. The summed E-state index contributed by atoms with van der Waals surface area (Å²) in [7, 11) is 0. The van der Waals surface area contributed by atoms with Crippen molar-refractivity contribution < 1.29 is 4.79 Å². The summed E-state index contributed by atoms with van der Waals surface area (Å²) in [4.78, 5) is 22.8. The fourth-order valence-electron chi connectivity index (χ4n) is 2.46. The Balaban J connectivity index is 1.50. The van der Waals surface area contributed by atoms with E-state index in [0.29, 0.717) is 11.7 Å². The van der Waals surface area contributed by atoms with E-state index in [9.17, 15) is 4.79 Å². The zero-order chi connectivity index (χ0) is 16.4. The van der Waals surface area contributed by atoms with Gasteiger partial charge in [-0.3, -0.25) is 4.79 Å². The van der Waals surface area contributed by atoms with Gasteiger partial charge >= 0.3 is 0 Å². The van der Waals surface area contributed by atoms with Crippen molar-refractivity contribution in [2.24, 2.45) is 5.92 Å². The number of hydrogen-bond acceptors (Lipinski definition) is 5. The van der Waals surface area contributed by atoms with Crippen molar-refractivity contribution in [2.45, 2.75) is 17.9 Å². The molecule has 4 nitrogen and oxygen atoms in total. The van der Waals surface area contributed by atoms with Crippen LogP contribution < -0.4 is 5.32 Å². The van der Waals surface area contributed by atoms with Gasteiger partial charge in [-0.1, -0.05) is 42.1 Å². The SMILES string of the molecule is O=C(CSc1ncnc2sc(-c3ccccc3)cc12)NCC1CC1. The van der Waals surface area contributed by atoms with Gasteiger partial charge in [-0.15, -0.1) is 11.3 Å². The Kier molecular flexibility index (Phi) is 4.49. The number of carbonyl (C=O) groups excluding carboxylic acids is 1. The molecule has 3 aromatic rings. The third-order valence-corrected chi connectivity index (χ3v) is 6.07. The van der Waals surface area contributed by atoms with Crippen molar-refractivity contribution >= 4 is 39.2 Å². The molecule has 1 fully saturated rings. The van der Waals surface area contributed by atoms with Crippen molar-refractivity contribution in [2.75, 3.05) is 12.3 Å². The topological polar surface area (TPSA) is 54.9 Å². The minimum atomic E-state index is 0.0807. The van der Waals surface area contributed by atoms with Crippen LogP contribution in [0.25, 0.3) is 20.7 Å². The van der Waals surface area contributed by atoms with Crippen LogP contribution in [-0.2, 0) is 4.79 Å². The first kappa shape index (κ1) is 15.6. The minimum absolute atomic E-state index is 0.0807. The second kappa shape index (κ2) is 6.91. The van der Waals surface area contributed by atoms with Gasteiger partial charge in [-0.05, 0) is 30.4 Å². The molecule has 24 heavy (non-hydrogen) atoms. The molecule has 1 aliphatic carbocycles. The van der Waals surface area contributed by atoms with E-state index in [4.69, 9.17) is 0 Å². The highest BCUT2D eigenvalue weighted by molar-refractivity contribution is 8.00. The molecule has 6 heteroatoms. The number of benzene rings is 1. The van der Waals surface area contributed by atoms with Crippen molar-refractivity contribution in [3.05, 3.63) is 42.7 Å². The van der Waals surface area contributed by atoms with Crippen molar-refractivity contribution in [1.82, 2.24) is 15.3 Å². The standard InChI is InChI=1S/C18H17N3OS2/c22-16(19-9-12-6-7-12)10-23-17-14-8-15(13-4-2-1-3-5-13)24-18(14)21-11-20-17/h1-5,8,11-12H,6-7,9-10H2,(H,19,22). The lowest BCUT2D eigenvalue weighted by Gasteiger charge is -2.04. The van der Waals surface area contributed by atoms with Gasteiger partial charge in [0.2, 0.25) is 5.91 Å². The lowest BCUT2D eigenvalue weighted by Crippen LogP contribution is -2.27. The van der Waals surface area contributed by atoms with E-state index in [1.165, 1.54) is 35.0 Å². The number of nitrogens with one attached hydrogen (secondary N) is 1. The number of carbonyl (C=O) groups is 1. The summed E-state index contributed by atoms with van der Waals surface area (Å²) in [5, 5.41) is 4.90. The molecule has 0 saturated heterocycles. The quantitative estimate of drug-likeness (QED) is 0.537. The van der Waals surface area contributed by atoms with Crippen LogP contribution in [-0.4, -0.2) is 28.2 Å². The maximum Gasteiger partial charge on any atom is 0.230 e. The van der Waals surface area contributed by atoms with Gasteiger partial charge in [0.25, 0.3) is 0 Å². The van der Waals surface area contributed by atoms with Crippen molar-refractivity contribution in [3.8, 4) is 10.4 Å². The van der Waals surface area contributed by atoms with Crippen LogP contribution in [0.5, 0.6) is 0 Å². The first-order valence-electron chi connectivity index (χ1n) is 7.99. The average molecular weight is 355 g/mol. The minimum Gasteiger partial charge on any atom is -0.355 e. The van der Waals surface area contributed by atoms with Gasteiger partial charge in [0.05, 0.1) is 5.75 Å². The van der Waals surface area contributed by atoms with E-state index in [1.54, 1.807) is 17.7 Å². The lowest BCUT2D eigenvalue weighted by atomic mass is 10.2. The summed E-state index contributed by atoms with van der Waals surface area (Å²) < 4.78 is 0. The predicted molar refractivity (Wildman–Crippen MR) is 99.3 cm³/mol. The van der Waals surface area contributed by atoms with E-state index < -0.39 is 0 Å². The number of aromatic nitrogens is 2. The van der Waals surface area contributed by atoms with E-state index in [-0.39, 0.29) is 5.91 Å². The van der Waals surface area contributed by atoms with E-state index in [2.05, 4.69) is 33.5 Å². The number of amides is 1. The van der Waals surface area contributed by atoms with Gasteiger partial charge in [-0.2, -0.15) is 0 Å². The van der Waals surface area contributed by atoms with Gasteiger partial charge in [-0.25, -0.2) is 9.97 Å². The van der Waals surface area contributed by atoms with Crippen LogP contribution in [0.2, 0.25) is 0 Å². The van der Waals surface area contributed by atoms with Gasteiger partial charge in [0.15, 0.2) is 0 Å². The highest BCUT2D eigenvalue weighted by atomic mass is 32.2. The number of thioether (sulfide) groups is 1. The van der Waals surface area contributed by atoms with E-state index in [1.807, 2.05) is 18.2 Å². The Morgan fingerprint density at radius 2 is 2.08 bits per heavy atom. The Morgan fingerprint density at radius 1 is 1.25 bits per heavy atom. The molecule has 0 unspecified atom stereocenters. The molecular weight excluding hydrogens is 338 g/mol. The van der Waals surface area contributed by atoms with E-state index in [0.717, 1.165) is 21.8 Å². The normalized spacial score (nSPS) is 14.0. The molecule has 0 radical (unpaired) electrons. The molecule has 1 N–H and O–H groups in total. The molecule has 2 aromatic heterocycles. The third-order valence-electron chi connectivity index (χ3n) is 3.98. The summed E-state index contributed by atoms with van der Waals surface area (Å²) in [5.74, 6) is 1.18. The lowest BCUT2D eigenvalue weighted by molar-refractivity contribution is -0.118. The number of rotatable bonds is 6. The number of hydrogen-bond donors (Lipinski definition) is 1. The summed E-state index contributed by atoms with van der Waals surface area (Å²) in [5.41, 5.74) is 1.18. The first-order chi connectivity index (χ1) is 11.8. The molecule has 4 rings (SSSR count). The van der Waals surface area contributed by atoms with Crippen LogP contribution in [0, 0.1) is 5.92 Å². The molecule has 0 spiro atoms. The molecule has 1 aromatic carbocycles. The highest BCUT2D eigenvalue weighted by Crippen LogP contribution is 2.36. The Labute approximate surface area is 148 Å². The molecule has 1 amide bonds. The molecule has 122 valence electrons. The molecule has 1 saturated carbocycles. The molecule has 1 aliphatic rings. The molecular formula is C18H17N3OS2. The maximum absolute atomic E-state index is 11.9. The highest BCUT2D eigenvalue weighted by Gasteiger charge is 2.21. The van der Waals surface area contributed by atoms with Crippen LogP contribution in [0.15, 0.2) is 47.8 Å². The summed E-state index contributed by atoms with van der Waals surface area (Å²) in [6.45, 7) is 0.815. The molecule has 0 bridgehead atoms. The van der Waals surface area contributed by atoms with Crippen molar-refractivity contribution in [3.63, 3.8) is 0 Å². The Hall–Kier alpha value is -1.92. The van der Waals surface area contributed by atoms with Crippen molar-refractivity contribution in [1.29, 1.82) is 0 Å². The molecule has 2 heterocycles. The maximum atomic E-state index is 11.9. The largest absolute Gasteiger partial charge is 0.355 e. The second-order valence-electron chi connectivity index (χ2n) is 5.91. The van der Waals surface area contributed by atoms with Crippen LogP contribution in [0.1, 0.15) is 12.8 Å². The summed E-state index contributed by atoms with van der Waals surface area (Å²) in [6, 6.07) is 12.4. The monoisotopic (exact) mass is 355 g/mol. The fourth-order valence-corrected chi connectivity index (χ4v) is 4.33. The average Bonchev–Trinajstić information content (AvgIpc) is 3.35. The van der Waals surface area contributed by atoms with Crippen LogP contribution in [0.3, 0.4) is 0 Å². The third kappa shape index (κ3) is 3.60. The molecule has 0 atom stereocenters. The number of nitrogens with zero attached hydrogens (tertiary/aromatic N) is 2. The van der Waals surface area contributed by atoms with Gasteiger partial charge < -0.3 is 5.32 Å².